The van der Waals surface area contributed by atoms with Crippen LogP contribution in [-0.2, 0) is 6.54 Å². The summed E-state index contributed by atoms with van der Waals surface area (Å²) in [7, 11) is 0. The van der Waals surface area contributed by atoms with Crippen LogP contribution in [0.2, 0.25) is 0 Å². The number of aryl methyl sites for hydroxylation is 1. The molecule has 2 aliphatic rings. The molecule has 2 heterocycles. The molecule has 0 radical (unpaired) electrons. The Labute approximate surface area is 122 Å². The minimum absolute atomic E-state index is 0.693. The summed E-state index contributed by atoms with van der Waals surface area (Å²) in [6.07, 6.45) is 7.06. The second kappa shape index (κ2) is 4.90. The van der Waals surface area contributed by atoms with Gasteiger partial charge < -0.3 is 5.32 Å². The quantitative estimate of drug-likeness (QED) is 0.918. The Morgan fingerprint density at radius 2 is 2.10 bits per heavy atom. The van der Waals surface area contributed by atoms with Crippen LogP contribution in [0.5, 0.6) is 0 Å². The maximum atomic E-state index is 4.87. The van der Waals surface area contributed by atoms with E-state index in [0.717, 1.165) is 29.1 Å². The summed E-state index contributed by atoms with van der Waals surface area (Å²) in [6, 6.07) is 2.70. The van der Waals surface area contributed by atoms with Crippen molar-refractivity contribution >= 4 is 11.3 Å². The van der Waals surface area contributed by atoms with Gasteiger partial charge in [-0.2, -0.15) is 0 Å². The fourth-order valence-electron chi connectivity index (χ4n) is 2.38. The number of nitrogens with zero attached hydrogens (tertiary/aromatic N) is 3. The van der Waals surface area contributed by atoms with Crippen LogP contribution in [0.1, 0.15) is 48.0 Å². The van der Waals surface area contributed by atoms with Gasteiger partial charge >= 0.3 is 0 Å². The number of hydrogen-bond acceptors (Lipinski definition) is 5. The molecule has 2 aromatic heterocycles. The molecule has 0 aliphatic heterocycles. The van der Waals surface area contributed by atoms with Crippen LogP contribution >= 0.6 is 11.3 Å². The summed E-state index contributed by atoms with van der Waals surface area (Å²) in [5.74, 6) is 1.50. The van der Waals surface area contributed by atoms with Crippen molar-refractivity contribution in [1.29, 1.82) is 0 Å². The molecule has 1 N–H and O–H groups in total. The molecule has 0 atom stereocenters. The number of aromatic nitrogens is 3. The predicted octanol–water partition coefficient (Wildman–Crippen LogP) is 3.04. The molecule has 0 aromatic carbocycles. The monoisotopic (exact) mass is 286 g/mol. The van der Waals surface area contributed by atoms with Gasteiger partial charge in [0.1, 0.15) is 16.5 Å². The van der Waals surface area contributed by atoms with Gasteiger partial charge in [-0.05, 0) is 38.7 Å². The smallest absolute Gasteiger partial charge is 0.142 e. The van der Waals surface area contributed by atoms with E-state index in [0.29, 0.717) is 5.92 Å². The van der Waals surface area contributed by atoms with Crippen LogP contribution in [-0.4, -0.2) is 21.0 Å². The van der Waals surface area contributed by atoms with Gasteiger partial charge in [-0.25, -0.2) is 15.0 Å². The van der Waals surface area contributed by atoms with E-state index in [1.807, 2.05) is 19.2 Å². The molecule has 0 bridgehead atoms. The van der Waals surface area contributed by atoms with Crippen LogP contribution < -0.4 is 5.32 Å². The maximum Gasteiger partial charge on any atom is 0.142 e. The van der Waals surface area contributed by atoms with Crippen LogP contribution in [0.3, 0.4) is 0 Å². The van der Waals surface area contributed by atoms with E-state index < -0.39 is 0 Å². The van der Waals surface area contributed by atoms with Crippen LogP contribution in [0.25, 0.3) is 10.7 Å². The Bertz CT molecular complexity index is 629. The van der Waals surface area contributed by atoms with Crippen LogP contribution in [0.4, 0.5) is 0 Å². The van der Waals surface area contributed by atoms with Crippen molar-refractivity contribution in [3.8, 4) is 10.7 Å². The Balaban J connectivity index is 1.63. The van der Waals surface area contributed by atoms with E-state index in [1.165, 1.54) is 36.3 Å². The number of hydrogen-bond donors (Lipinski definition) is 1. The van der Waals surface area contributed by atoms with Crippen molar-refractivity contribution in [2.75, 3.05) is 0 Å². The summed E-state index contributed by atoms with van der Waals surface area (Å²) in [4.78, 5) is 14.9. The van der Waals surface area contributed by atoms with E-state index in [2.05, 4.69) is 15.3 Å². The van der Waals surface area contributed by atoms with Gasteiger partial charge in [-0.15, -0.1) is 11.3 Å². The van der Waals surface area contributed by atoms with Crippen molar-refractivity contribution in [3.63, 3.8) is 0 Å². The van der Waals surface area contributed by atoms with Gasteiger partial charge in [0, 0.05) is 29.6 Å². The molecule has 0 spiro atoms. The highest BCUT2D eigenvalue weighted by atomic mass is 32.1. The Morgan fingerprint density at radius 1 is 1.25 bits per heavy atom. The Hall–Kier alpha value is -1.33. The van der Waals surface area contributed by atoms with E-state index in [4.69, 9.17) is 4.98 Å². The molecule has 2 fully saturated rings. The van der Waals surface area contributed by atoms with Crippen molar-refractivity contribution in [3.05, 3.63) is 28.7 Å². The minimum atomic E-state index is 0.693. The highest BCUT2D eigenvalue weighted by Crippen LogP contribution is 2.44. The zero-order chi connectivity index (χ0) is 13.5. The van der Waals surface area contributed by atoms with Crippen LogP contribution in [0, 0.1) is 6.92 Å². The third-order valence-electron chi connectivity index (χ3n) is 3.82. The summed E-state index contributed by atoms with van der Waals surface area (Å²) < 4.78 is 0. The topological polar surface area (TPSA) is 50.7 Å². The third-order valence-corrected chi connectivity index (χ3v) is 4.91. The standard InChI is InChI=1S/C15H18N4S/c1-9-16-7-6-12(18-9)15-19-14(10-2-3-10)13(20-15)8-17-11-4-5-11/h6-7,10-11,17H,2-5,8H2,1H3. The molecule has 0 saturated heterocycles. The Kier molecular flexibility index (Phi) is 3.04. The molecule has 0 amide bonds. The first-order valence-corrected chi connectivity index (χ1v) is 8.14. The molecule has 4 rings (SSSR count). The average Bonchev–Trinajstić information content (AvgIpc) is 3.36. The van der Waals surface area contributed by atoms with E-state index in [9.17, 15) is 0 Å². The maximum absolute atomic E-state index is 4.87. The molecule has 4 nitrogen and oxygen atoms in total. The fourth-order valence-corrected chi connectivity index (χ4v) is 3.44. The molecule has 2 aliphatic carbocycles. The van der Waals surface area contributed by atoms with Crippen LogP contribution in [0.15, 0.2) is 12.3 Å². The highest BCUT2D eigenvalue weighted by Gasteiger charge is 2.30. The van der Waals surface area contributed by atoms with Gasteiger partial charge in [0.05, 0.1) is 5.69 Å². The van der Waals surface area contributed by atoms with Gasteiger partial charge in [0.15, 0.2) is 0 Å². The zero-order valence-electron chi connectivity index (χ0n) is 11.6. The Morgan fingerprint density at radius 3 is 2.80 bits per heavy atom. The van der Waals surface area contributed by atoms with Gasteiger partial charge in [0.2, 0.25) is 0 Å². The van der Waals surface area contributed by atoms with E-state index >= 15 is 0 Å². The average molecular weight is 286 g/mol. The van der Waals surface area contributed by atoms with Gasteiger partial charge in [0.25, 0.3) is 0 Å². The molecule has 20 heavy (non-hydrogen) atoms. The van der Waals surface area contributed by atoms with E-state index in [1.54, 1.807) is 11.3 Å². The summed E-state index contributed by atoms with van der Waals surface area (Å²) >= 11 is 1.80. The van der Waals surface area contributed by atoms with Crippen molar-refractivity contribution in [2.24, 2.45) is 0 Å². The number of thiazole rings is 1. The lowest BCUT2D eigenvalue weighted by Crippen LogP contribution is -2.15. The molecular weight excluding hydrogens is 268 g/mol. The molecule has 2 aromatic rings. The summed E-state index contributed by atoms with van der Waals surface area (Å²) in [5.41, 5.74) is 2.27. The molecule has 104 valence electrons. The SMILES string of the molecule is Cc1nccc(-c2nc(C3CC3)c(CNC3CC3)s2)n1. The first-order valence-electron chi connectivity index (χ1n) is 7.32. The lowest BCUT2D eigenvalue weighted by Gasteiger charge is -2.01. The van der Waals surface area contributed by atoms with Gasteiger partial charge in [-0.3, -0.25) is 0 Å². The molecule has 0 unspecified atom stereocenters. The summed E-state index contributed by atoms with van der Waals surface area (Å²) in [6.45, 7) is 2.90. The summed E-state index contributed by atoms with van der Waals surface area (Å²) in [5, 5.41) is 4.66. The molecule has 2 saturated carbocycles. The van der Waals surface area contributed by atoms with E-state index in [-0.39, 0.29) is 0 Å². The van der Waals surface area contributed by atoms with Crippen molar-refractivity contribution < 1.29 is 0 Å². The fraction of sp³-hybridized carbons (Fsp3) is 0.533. The third kappa shape index (κ3) is 2.60. The zero-order valence-corrected chi connectivity index (χ0v) is 12.4. The number of nitrogens with one attached hydrogen (secondary N) is 1. The molecule has 5 heteroatoms. The van der Waals surface area contributed by atoms with Gasteiger partial charge in [-0.1, -0.05) is 0 Å². The number of rotatable bonds is 5. The lowest BCUT2D eigenvalue weighted by atomic mass is 10.2. The normalized spacial score (nSPS) is 18.4. The minimum Gasteiger partial charge on any atom is -0.309 e. The first kappa shape index (κ1) is 12.4. The largest absolute Gasteiger partial charge is 0.309 e. The lowest BCUT2D eigenvalue weighted by molar-refractivity contribution is 0.688. The van der Waals surface area contributed by atoms with Crippen molar-refractivity contribution in [2.45, 2.75) is 51.1 Å². The molecular formula is C15H18N4S. The second-order valence-corrected chi connectivity index (χ2v) is 6.83. The predicted molar refractivity (Wildman–Crippen MR) is 79.7 cm³/mol. The first-order chi connectivity index (χ1) is 9.79. The van der Waals surface area contributed by atoms with Crippen molar-refractivity contribution in [1.82, 2.24) is 20.3 Å². The highest BCUT2D eigenvalue weighted by molar-refractivity contribution is 7.15. The second-order valence-electron chi connectivity index (χ2n) is 5.75.